The van der Waals surface area contributed by atoms with E-state index in [1.54, 1.807) is 12.0 Å². The number of thiocarbonyl (C=S) groups is 1. The number of amides is 1. The third-order valence-electron chi connectivity index (χ3n) is 5.00. The summed E-state index contributed by atoms with van der Waals surface area (Å²) in [5.41, 5.74) is 0.875. The van der Waals surface area contributed by atoms with Crippen LogP contribution in [-0.2, 0) is 9.59 Å². The van der Waals surface area contributed by atoms with Gasteiger partial charge in [-0.15, -0.1) is 0 Å². The highest BCUT2D eigenvalue weighted by Crippen LogP contribution is 2.33. The summed E-state index contributed by atoms with van der Waals surface area (Å²) in [4.78, 5) is 25.5. The lowest BCUT2D eigenvalue weighted by Gasteiger charge is -2.13. The van der Waals surface area contributed by atoms with Crippen LogP contribution in [0.25, 0.3) is 6.08 Å². The van der Waals surface area contributed by atoms with Gasteiger partial charge < -0.3 is 19.3 Å². The lowest BCUT2D eigenvalue weighted by molar-refractivity contribution is -0.137. The molecule has 3 rings (SSSR count). The first-order valence-electron chi connectivity index (χ1n) is 10.9. The van der Waals surface area contributed by atoms with Crippen LogP contribution in [0.1, 0.15) is 31.2 Å². The fourth-order valence-electron chi connectivity index (χ4n) is 3.28. The number of ether oxygens (including phenoxy) is 3. The second-order valence-corrected chi connectivity index (χ2v) is 9.13. The summed E-state index contributed by atoms with van der Waals surface area (Å²) < 4.78 is 17.2. The molecule has 7 nitrogen and oxygen atoms in total. The molecule has 1 aliphatic rings. The molecular weight excluding hydrogens is 474 g/mol. The van der Waals surface area contributed by atoms with Crippen LogP contribution in [0.2, 0.25) is 0 Å². The molecule has 1 amide bonds. The predicted octanol–water partition coefficient (Wildman–Crippen LogP) is 5.00. The predicted molar refractivity (Wildman–Crippen MR) is 136 cm³/mol. The van der Waals surface area contributed by atoms with Crippen LogP contribution in [0.3, 0.4) is 0 Å². The van der Waals surface area contributed by atoms with E-state index in [2.05, 4.69) is 0 Å². The van der Waals surface area contributed by atoms with E-state index >= 15 is 0 Å². The van der Waals surface area contributed by atoms with Crippen molar-refractivity contribution in [2.75, 3.05) is 26.9 Å². The number of hydrogen-bond acceptors (Lipinski definition) is 7. The standard InChI is InChI=1S/C25H27NO6S2/c1-30-20-7-4-5-8-21(20)32-16-15-31-19-12-10-18(11-13-19)17-22-24(29)26(25(33)34-22)14-6-2-3-9-23(27)28/h4-5,7-8,10-13,17H,2-3,6,9,14-16H2,1H3,(H,27,28)/b22-17+. The zero-order chi connectivity index (χ0) is 24.3. The van der Waals surface area contributed by atoms with E-state index in [1.165, 1.54) is 11.8 Å². The average Bonchev–Trinajstić information content (AvgIpc) is 3.09. The number of rotatable bonds is 13. The lowest BCUT2D eigenvalue weighted by Crippen LogP contribution is -2.29. The van der Waals surface area contributed by atoms with Crippen LogP contribution < -0.4 is 14.2 Å². The fourth-order valence-corrected chi connectivity index (χ4v) is 4.59. The summed E-state index contributed by atoms with van der Waals surface area (Å²) in [6, 6.07) is 14.9. The van der Waals surface area contributed by atoms with Crippen LogP contribution in [-0.4, -0.2) is 53.1 Å². The van der Waals surface area contributed by atoms with Gasteiger partial charge in [-0.2, -0.15) is 0 Å². The van der Waals surface area contributed by atoms with E-state index in [-0.39, 0.29) is 12.3 Å². The van der Waals surface area contributed by atoms with Gasteiger partial charge in [0.05, 0.1) is 12.0 Å². The summed E-state index contributed by atoms with van der Waals surface area (Å²) in [7, 11) is 1.60. The van der Waals surface area contributed by atoms with Crippen LogP contribution in [0.4, 0.5) is 0 Å². The van der Waals surface area contributed by atoms with E-state index < -0.39 is 5.97 Å². The molecule has 0 unspecified atom stereocenters. The molecule has 1 heterocycles. The summed E-state index contributed by atoms with van der Waals surface area (Å²) in [5.74, 6) is 1.14. The molecule has 180 valence electrons. The molecule has 2 aromatic carbocycles. The zero-order valence-corrected chi connectivity index (χ0v) is 20.5. The maximum Gasteiger partial charge on any atom is 0.303 e. The first-order chi connectivity index (χ1) is 16.5. The molecule has 0 aromatic heterocycles. The maximum absolute atomic E-state index is 12.7. The van der Waals surface area contributed by atoms with Gasteiger partial charge in [-0.1, -0.05) is 54.7 Å². The Bertz CT molecular complexity index is 1040. The van der Waals surface area contributed by atoms with Crippen LogP contribution in [0.5, 0.6) is 17.2 Å². The smallest absolute Gasteiger partial charge is 0.303 e. The lowest BCUT2D eigenvalue weighted by atomic mass is 10.2. The van der Waals surface area contributed by atoms with Crippen LogP contribution >= 0.6 is 24.0 Å². The molecule has 2 aromatic rings. The first kappa shape index (κ1) is 25.6. The summed E-state index contributed by atoms with van der Waals surface area (Å²) in [5, 5.41) is 8.70. The molecule has 9 heteroatoms. The Morgan fingerprint density at radius 2 is 1.74 bits per heavy atom. The highest BCUT2D eigenvalue weighted by molar-refractivity contribution is 8.26. The van der Waals surface area contributed by atoms with Gasteiger partial charge in [-0.25, -0.2) is 0 Å². The number of methoxy groups -OCH3 is 1. The number of carboxylic acids is 1. The second kappa shape index (κ2) is 13.0. The van der Waals surface area contributed by atoms with Crippen molar-refractivity contribution < 1.29 is 28.9 Å². The molecule has 0 spiro atoms. The Hall–Kier alpha value is -3.04. The SMILES string of the molecule is COc1ccccc1OCCOc1ccc(/C=C2/SC(=S)N(CCCCCC(=O)O)C2=O)cc1. The number of para-hydroxylation sites is 2. The number of thioether (sulfide) groups is 1. The molecular formula is C25H27NO6S2. The van der Waals surface area contributed by atoms with Crippen molar-refractivity contribution in [1.29, 1.82) is 0 Å². The molecule has 0 atom stereocenters. The Morgan fingerprint density at radius 3 is 2.44 bits per heavy atom. The normalized spacial score (nSPS) is 14.5. The average molecular weight is 502 g/mol. The van der Waals surface area contributed by atoms with Crippen molar-refractivity contribution >= 4 is 46.3 Å². The number of hydrogen-bond donors (Lipinski definition) is 1. The number of benzene rings is 2. The van der Waals surface area contributed by atoms with Gasteiger partial charge in [0.15, 0.2) is 11.5 Å². The fraction of sp³-hybridized carbons (Fsp3) is 0.320. The number of carboxylic acid groups (broad SMARTS) is 1. The molecule has 0 saturated carbocycles. The number of aliphatic carboxylic acids is 1. The highest BCUT2D eigenvalue weighted by Gasteiger charge is 2.31. The van der Waals surface area contributed by atoms with Gasteiger partial charge in [-0.05, 0) is 48.7 Å². The van der Waals surface area contributed by atoms with E-state index in [0.29, 0.717) is 52.7 Å². The summed E-state index contributed by atoms with van der Waals surface area (Å²) in [6.07, 6.45) is 4.03. The van der Waals surface area contributed by atoms with Gasteiger partial charge in [0.25, 0.3) is 5.91 Å². The summed E-state index contributed by atoms with van der Waals surface area (Å²) in [6.45, 7) is 1.26. The molecule has 1 aliphatic heterocycles. The van der Waals surface area contributed by atoms with Crippen LogP contribution in [0, 0.1) is 0 Å². The van der Waals surface area contributed by atoms with Crippen molar-refractivity contribution in [3.63, 3.8) is 0 Å². The third-order valence-corrected chi connectivity index (χ3v) is 6.38. The van der Waals surface area contributed by atoms with Crippen molar-refractivity contribution in [2.45, 2.75) is 25.7 Å². The minimum Gasteiger partial charge on any atom is -0.493 e. The largest absolute Gasteiger partial charge is 0.493 e. The maximum atomic E-state index is 12.7. The Balaban J connectivity index is 1.45. The minimum atomic E-state index is -0.800. The minimum absolute atomic E-state index is 0.109. The van der Waals surface area contributed by atoms with Gasteiger partial charge in [-0.3, -0.25) is 14.5 Å². The van der Waals surface area contributed by atoms with Crippen molar-refractivity contribution in [3.8, 4) is 17.2 Å². The van der Waals surface area contributed by atoms with E-state index in [1.807, 2.05) is 54.6 Å². The highest BCUT2D eigenvalue weighted by atomic mass is 32.2. The van der Waals surface area contributed by atoms with Crippen molar-refractivity contribution in [3.05, 3.63) is 59.0 Å². The Morgan fingerprint density at radius 1 is 1.03 bits per heavy atom. The van der Waals surface area contributed by atoms with Crippen molar-refractivity contribution in [2.24, 2.45) is 0 Å². The molecule has 0 radical (unpaired) electrons. The molecule has 1 saturated heterocycles. The van der Waals surface area contributed by atoms with Gasteiger partial charge in [0.2, 0.25) is 0 Å². The molecule has 0 aliphatic carbocycles. The quantitative estimate of drug-likeness (QED) is 0.233. The third kappa shape index (κ3) is 7.50. The Labute approximate surface area is 208 Å². The van der Waals surface area contributed by atoms with E-state index in [4.69, 9.17) is 31.5 Å². The molecule has 0 bridgehead atoms. The second-order valence-electron chi connectivity index (χ2n) is 7.45. The number of carbonyl (C=O) groups is 2. The van der Waals surface area contributed by atoms with Gasteiger partial charge in [0.1, 0.15) is 23.3 Å². The summed E-state index contributed by atoms with van der Waals surface area (Å²) >= 11 is 6.64. The number of unbranched alkanes of at least 4 members (excludes halogenated alkanes) is 2. The van der Waals surface area contributed by atoms with E-state index in [9.17, 15) is 9.59 Å². The van der Waals surface area contributed by atoms with E-state index in [0.717, 1.165) is 18.4 Å². The van der Waals surface area contributed by atoms with Crippen molar-refractivity contribution in [1.82, 2.24) is 4.90 Å². The van der Waals surface area contributed by atoms with Crippen LogP contribution in [0.15, 0.2) is 53.4 Å². The molecule has 1 fully saturated rings. The Kier molecular flexibility index (Phi) is 9.78. The van der Waals surface area contributed by atoms with Gasteiger partial charge in [0, 0.05) is 13.0 Å². The number of carbonyl (C=O) groups excluding carboxylic acids is 1. The first-order valence-corrected chi connectivity index (χ1v) is 12.2. The number of nitrogens with zero attached hydrogens (tertiary/aromatic N) is 1. The topological polar surface area (TPSA) is 85.3 Å². The monoisotopic (exact) mass is 501 g/mol. The molecule has 34 heavy (non-hydrogen) atoms. The zero-order valence-electron chi connectivity index (χ0n) is 18.9. The molecule has 1 N–H and O–H groups in total. The van der Waals surface area contributed by atoms with Gasteiger partial charge >= 0.3 is 5.97 Å².